The van der Waals surface area contributed by atoms with Crippen LogP contribution in [0.2, 0.25) is 0 Å². The molecule has 128 valence electrons. The molecule has 1 aliphatic rings. The number of H-pyrrole nitrogens is 1. The highest BCUT2D eigenvalue weighted by Gasteiger charge is 2.26. The summed E-state index contributed by atoms with van der Waals surface area (Å²) in [6.45, 7) is 3.45. The summed E-state index contributed by atoms with van der Waals surface area (Å²) in [4.78, 5) is 18.9. The van der Waals surface area contributed by atoms with Crippen molar-refractivity contribution in [3.63, 3.8) is 0 Å². The number of hydrogen-bond donors (Lipinski definition) is 1. The van der Waals surface area contributed by atoms with Crippen LogP contribution in [0.1, 0.15) is 42.4 Å². The minimum absolute atomic E-state index is 0.203. The number of carbonyl (C=O) groups excluding carboxylic acids is 1. The van der Waals surface area contributed by atoms with Gasteiger partial charge < -0.3 is 9.64 Å². The Balaban J connectivity index is 1.56. The highest BCUT2D eigenvalue weighted by Crippen LogP contribution is 2.25. The smallest absolute Gasteiger partial charge is 0.222 e. The molecule has 0 bridgehead atoms. The SMILES string of the molecule is COc1cccc(CCC(=O)N2CCCC(c3n[nH]c(C)n3)C2)c1. The first kappa shape index (κ1) is 16.5. The monoisotopic (exact) mass is 328 g/mol. The summed E-state index contributed by atoms with van der Waals surface area (Å²) < 4.78 is 5.23. The Morgan fingerprint density at radius 3 is 3.08 bits per heavy atom. The molecular formula is C18H24N4O2. The quantitative estimate of drug-likeness (QED) is 0.915. The molecule has 1 N–H and O–H groups in total. The predicted octanol–water partition coefficient (Wildman–Crippen LogP) is 2.46. The van der Waals surface area contributed by atoms with Gasteiger partial charge in [0.2, 0.25) is 5.91 Å². The average molecular weight is 328 g/mol. The van der Waals surface area contributed by atoms with Crippen LogP contribution in [0.4, 0.5) is 0 Å². The van der Waals surface area contributed by atoms with Crippen LogP contribution in [0, 0.1) is 6.92 Å². The van der Waals surface area contributed by atoms with Gasteiger partial charge >= 0.3 is 0 Å². The van der Waals surface area contributed by atoms with Gasteiger partial charge in [-0.3, -0.25) is 9.89 Å². The standard InChI is InChI=1S/C18H24N4O2/c1-13-19-18(21-20-13)15-6-4-10-22(12-15)17(23)9-8-14-5-3-7-16(11-14)24-2/h3,5,7,11,15H,4,6,8-10,12H2,1-2H3,(H,19,20,21). The van der Waals surface area contributed by atoms with Gasteiger partial charge in [-0.05, 0) is 43.9 Å². The molecule has 1 saturated heterocycles. The average Bonchev–Trinajstić information content (AvgIpc) is 3.06. The van der Waals surface area contributed by atoms with E-state index in [1.165, 1.54) is 0 Å². The molecule has 6 heteroatoms. The molecule has 1 amide bonds. The maximum absolute atomic E-state index is 12.6. The molecule has 1 fully saturated rings. The summed E-state index contributed by atoms with van der Waals surface area (Å²) in [5.74, 6) is 2.93. The number of aromatic nitrogens is 3. The van der Waals surface area contributed by atoms with E-state index < -0.39 is 0 Å². The molecule has 1 atom stereocenters. The van der Waals surface area contributed by atoms with Crippen LogP contribution in [-0.2, 0) is 11.2 Å². The zero-order valence-electron chi connectivity index (χ0n) is 14.3. The normalized spacial score (nSPS) is 17.8. The molecule has 0 aliphatic carbocycles. The first-order valence-electron chi connectivity index (χ1n) is 8.45. The Morgan fingerprint density at radius 1 is 1.46 bits per heavy atom. The van der Waals surface area contributed by atoms with Gasteiger partial charge in [-0.15, -0.1) is 0 Å². The first-order chi connectivity index (χ1) is 11.7. The number of nitrogens with zero attached hydrogens (tertiary/aromatic N) is 3. The van der Waals surface area contributed by atoms with E-state index in [4.69, 9.17) is 4.74 Å². The summed E-state index contributed by atoms with van der Waals surface area (Å²) >= 11 is 0. The number of aryl methyl sites for hydroxylation is 2. The number of ether oxygens (including phenoxy) is 1. The predicted molar refractivity (Wildman–Crippen MR) is 91.0 cm³/mol. The largest absolute Gasteiger partial charge is 0.497 e. The van der Waals surface area contributed by atoms with E-state index in [-0.39, 0.29) is 11.8 Å². The van der Waals surface area contributed by atoms with E-state index in [0.29, 0.717) is 13.0 Å². The van der Waals surface area contributed by atoms with Crippen molar-refractivity contribution in [2.75, 3.05) is 20.2 Å². The lowest BCUT2D eigenvalue weighted by molar-refractivity contribution is -0.132. The number of piperidine rings is 1. The van der Waals surface area contributed by atoms with Crippen molar-refractivity contribution in [3.8, 4) is 5.75 Å². The zero-order valence-corrected chi connectivity index (χ0v) is 14.3. The fraction of sp³-hybridized carbons (Fsp3) is 0.500. The number of hydrogen-bond acceptors (Lipinski definition) is 4. The van der Waals surface area contributed by atoms with Crippen molar-refractivity contribution in [1.29, 1.82) is 0 Å². The summed E-state index contributed by atoms with van der Waals surface area (Å²) in [6.07, 6.45) is 3.30. The van der Waals surface area contributed by atoms with Crippen LogP contribution in [0.3, 0.4) is 0 Å². The van der Waals surface area contributed by atoms with Crippen LogP contribution < -0.4 is 4.74 Å². The molecule has 1 unspecified atom stereocenters. The van der Waals surface area contributed by atoms with Crippen molar-refractivity contribution in [2.45, 2.75) is 38.5 Å². The number of benzene rings is 1. The molecule has 1 aliphatic heterocycles. The van der Waals surface area contributed by atoms with Crippen LogP contribution in [0.5, 0.6) is 5.75 Å². The zero-order chi connectivity index (χ0) is 16.9. The lowest BCUT2D eigenvalue weighted by Gasteiger charge is -2.31. The van der Waals surface area contributed by atoms with Crippen molar-refractivity contribution in [3.05, 3.63) is 41.5 Å². The Labute approximate surface area is 142 Å². The van der Waals surface area contributed by atoms with Gasteiger partial charge in [-0.2, -0.15) is 5.10 Å². The van der Waals surface area contributed by atoms with E-state index in [1.54, 1.807) is 7.11 Å². The molecular weight excluding hydrogens is 304 g/mol. The van der Waals surface area contributed by atoms with Gasteiger partial charge in [0.1, 0.15) is 11.6 Å². The van der Waals surface area contributed by atoms with Crippen molar-refractivity contribution < 1.29 is 9.53 Å². The lowest BCUT2D eigenvalue weighted by atomic mass is 9.97. The number of methoxy groups -OCH3 is 1. The third-order valence-electron chi connectivity index (χ3n) is 4.52. The second-order valence-electron chi connectivity index (χ2n) is 6.31. The van der Waals surface area contributed by atoms with Crippen molar-refractivity contribution >= 4 is 5.91 Å². The number of likely N-dealkylation sites (tertiary alicyclic amines) is 1. The summed E-state index contributed by atoms with van der Waals surface area (Å²) in [5, 5.41) is 7.15. The molecule has 6 nitrogen and oxygen atoms in total. The van der Waals surface area contributed by atoms with E-state index in [2.05, 4.69) is 15.2 Å². The molecule has 0 saturated carbocycles. The van der Waals surface area contributed by atoms with Crippen LogP contribution in [0.25, 0.3) is 0 Å². The Morgan fingerprint density at radius 2 is 2.33 bits per heavy atom. The van der Waals surface area contributed by atoms with E-state index in [1.807, 2.05) is 36.1 Å². The maximum Gasteiger partial charge on any atom is 0.222 e. The molecule has 0 spiro atoms. The molecule has 1 aromatic carbocycles. The van der Waals surface area contributed by atoms with Crippen LogP contribution >= 0.6 is 0 Å². The summed E-state index contributed by atoms with van der Waals surface area (Å²) in [6, 6.07) is 7.90. The Bertz CT molecular complexity index is 698. The minimum Gasteiger partial charge on any atom is -0.497 e. The van der Waals surface area contributed by atoms with Gasteiger partial charge in [-0.25, -0.2) is 4.98 Å². The van der Waals surface area contributed by atoms with E-state index in [0.717, 1.165) is 48.8 Å². The van der Waals surface area contributed by atoms with Gasteiger partial charge in [0.15, 0.2) is 5.82 Å². The summed E-state index contributed by atoms with van der Waals surface area (Å²) in [5.41, 5.74) is 1.13. The molecule has 0 radical (unpaired) electrons. The van der Waals surface area contributed by atoms with Crippen LogP contribution in [0.15, 0.2) is 24.3 Å². The molecule has 1 aromatic heterocycles. The van der Waals surface area contributed by atoms with Crippen molar-refractivity contribution in [1.82, 2.24) is 20.1 Å². The summed E-state index contributed by atoms with van der Waals surface area (Å²) in [7, 11) is 1.66. The fourth-order valence-electron chi connectivity index (χ4n) is 3.19. The fourth-order valence-corrected chi connectivity index (χ4v) is 3.19. The highest BCUT2D eigenvalue weighted by atomic mass is 16.5. The van der Waals surface area contributed by atoms with E-state index in [9.17, 15) is 4.79 Å². The van der Waals surface area contributed by atoms with Gasteiger partial charge in [-0.1, -0.05) is 12.1 Å². The van der Waals surface area contributed by atoms with Gasteiger partial charge in [0.05, 0.1) is 7.11 Å². The lowest BCUT2D eigenvalue weighted by Crippen LogP contribution is -2.39. The second-order valence-corrected chi connectivity index (χ2v) is 6.31. The minimum atomic E-state index is 0.203. The number of nitrogens with one attached hydrogen (secondary N) is 1. The Hall–Kier alpha value is -2.37. The molecule has 2 heterocycles. The van der Waals surface area contributed by atoms with Gasteiger partial charge in [0.25, 0.3) is 0 Å². The maximum atomic E-state index is 12.6. The molecule has 24 heavy (non-hydrogen) atoms. The first-order valence-corrected chi connectivity index (χ1v) is 8.45. The number of carbonyl (C=O) groups is 1. The topological polar surface area (TPSA) is 71.1 Å². The number of aromatic amines is 1. The molecule has 3 rings (SSSR count). The third-order valence-corrected chi connectivity index (χ3v) is 4.52. The number of rotatable bonds is 5. The molecule has 2 aromatic rings. The van der Waals surface area contributed by atoms with Crippen LogP contribution in [-0.4, -0.2) is 46.2 Å². The van der Waals surface area contributed by atoms with Gasteiger partial charge in [0, 0.05) is 25.4 Å². The second kappa shape index (κ2) is 7.47. The third kappa shape index (κ3) is 3.93. The van der Waals surface area contributed by atoms with Crippen molar-refractivity contribution in [2.24, 2.45) is 0 Å². The number of amides is 1. The van der Waals surface area contributed by atoms with E-state index >= 15 is 0 Å². The Kier molecular flexibility index (Phi) is 5.13. The highest BCUT2D eigenvalue weighted by molar-refractivity contribution is 5.76.